The van der Waals surface area contributed by atoms with Gasteiger partial charge in [0.15, 0.2) is 0 Å². The molecule has 1 saturated carbocycles. The van der Waals surface area contributed by atoms with E-state index in [-0.39, 0.29) is 0 Å². The summed E-state index contributed by atoms with van der Waals surface area (Å²) in [6.45, 7) is 5.79. The molecule has 0 aliphatic heterocycles. The van der Waals surface area contributed by atoms with Crippen molar-refractivity contribution in [2.24, 2.45) is 11.8 Å². The number of rotatable bonds is 6. The van der Waals surface area contributed by atoms with Crippen LogP contribution in [0.15, 0.2) is 29.2 Å². The molecule has 0 radical (unpaired) electrons. The van der Waals surface area contributed by atoms with E-state index in [0.29, 0.717) is 6.04 Å². The van der Waals surface area contributed by atoms with Crippen molar-refractivity contribution < 1.29 is 0 Å². The quantitative estimate of drug-likeness (QED) is 0.716. The van der Waals surface area contributed by atoms with Gasteiger partial charge in [-0.25, -0.2) is 0 Å². The van der Waals surface area contributed by atoms with Crippen molar-refractivity contribution >= 4 is 11.8 Å². The standard InChI is InChI=1S/C18H29NS/c1-4-13-19-18(15-11-9-14(2)10-12-15)16-7-5-6-8-17(16)20-3/h5-8,14-15,18-19H,4,9-13H2,1-3H3. The highest BCUT2D eigenvalue weighted by atomic mass is 32.2. The highest BCUT2D eigenvalue weighted by molar-refractivity contribution is 7.98. The molecule has 0 saturated heterocycles. The summed E-state index contributed by atoms with van der Waals surface area (Å²) in [6.07, 6.45) is 8.96. The summed E-state index contributed by atoms with van der Waals surface area (Å²) >= 11 is 1.88. The Morgan fingerprint density at radius 3 is 2.55 bits per heavy atom. The fourth-order valence-corrected chi connectivity index (χ4v) is 4.02. The van der Waals surface area contributed by atoms with Crippen LogP contribution < -0.4 is 5.32 Å². The average molecular weight is 292 g/mol. The Labute approximate surface area is 128 Å². The minimum atomic E-state index is 0.547. The van der Waals surface area contributed by atoms with Crippen LogP contribution in [0.5, 0.6) is 0 Å². The highest BCUT2D eigenvalue weighted by Crippen LogP contribution is 2.39. The summed E-state index contributed by atoms with van der Waals surface area (Å²) in [4.78, 5) is 1.44. The second-order valence-electron chi connectivity index (χ2n) is 6.19. The number of thioether (sulfide) groups is 1. The summed E-state index contributed by atoms with van der Waals surface area (Å²) in [5, 5.41) is 3.83. The van der Waals surface area contributed by atoms with E-state index in [4.69, 9.17) is 0 Å². The lowest BCUT2D eigenvalue weighted by Gasteiger charge is -2.34. The van der Waals surface area contributed by atoms with Crippen LogP contribution in [0.25, 0.3) is 0 Å². The fraction of sp³-hybridized carbons (Fsp3) is 0.667. The molecule has 1 fully saturated rings. The van der Waals surface area contributed by atoms with Crippen molar-refractivity contribution in [2.45, 2.75) is 56.9 Å². The normalized spacial score (nSPS) is 24.6. The number of nitrogens with one attached hydrogen (secondary N) is 1. The Balaban J connectivity index is 2.18. The van der Waals surface area contributed by atoms with Crippen LogP contribution in [0.3, 0.4) is 0 Å². The van der Waals surface area contributed by atoms with E-state index in [2.05, 4.69) is 49.7 Å². The van der Waals surface area contributed by atoms with Crippen molar-refractivity contribution in [1.29, 1.82) is 0 Å². The maximum Gasteiger partial charge on any atom is 0.0359 e. The van der Waals surface area contributed by atoms with Gasteiger partial charge in [-0.3, -0.25) is 0 Å². The molecule has 1 unspecified atom stereocenters. The van der Waals surface area contributed by atoms with Gasteiger partial charge in [-0.1, -0.05) is 44.9 Å². The van der Waals surface area contributed by atoms with Crippen molar-refractivity contribution in [2.75, 3.05) is 12.8 Å². The molecule has 0 amide bonds. The van der Waals surface area contributed by atoms with Crippen molar-refractivity contribution in [3.05, 3.63) is 29.8 Å². The fourth-order valence-electron chi connectivity index (χ4n) is 3.37. The lowest BCUT2D eigenvalue weighted by molar-refractivity contribution is 0.230. The molecule has 0 spiro atoms. The molecular formula is C18H29NS. The van der Waals surface area contributed by atoms with E-state index in [1.54, 1.807) is 0 Å². The first-order valence-corrected chi connectivity index (χ1v) is 9.35. The van der Waals surface area contributed by atoms with Gasteiger partial charge in [-0.2, -0.15) is 0 Å². The molecule has 112 valence electrons. The molecule has 0 bridgehead atoms. The van der Waals surface area contributed by atoms with Crippen molar-refractivity contribution in [3.8, 4) is 0 Å². The average Bonchev–Trinajstić information content (AvgIpc) is 2.50. The van der Waals surface area contributed by atoms with Crippen LogP contribution in [-0.2, 0) is 0 Å². The lowest BCUT2D eigenvalue weighted by Crippen LogP contribution is -2.31. The Morgan fingerprint density at radius 2 is 1.90 bits per heavy atom. The predicted molar refractivity (Wildman–Crippen MR) is 90.4 cm³/mol. The molecule has 2 heteroatoms. The van der Waals surface area contributed by atoms with Gasteiger partial charge in [0.1, 0.15) is 0 Å². The molecular weight excluding hydrogens is 262 g/mol. The zero-order valence-electron chi connectivity index (χ0n) is 13.2. The molecule has 1 nitrogen and oxygen atoms in total. The topological polar surface area (TPSA) is 12.0 Å². The third kappa shape index (κ3) is 4.02. The second-order valence-corrected chi connectivity index (χ2v) is 7.04. The Kier molecular flexibility index (Phi) is 6.44. The first kappa shape index (κ1) is 15.9. The summed E-state index contributed by atoms with van der Waals surface area (Å²) < 4.78 is 0. The minimum Gasteiger partial charge on any atom is -0.310 e. The summed E-state index contributed by atoms with van der Waals surface area (Å²) in [5.74, 6) is 1.74. The van der Waals surface area contributed by atoms with Gasteiger partial charge in [-0.05, 0) is 55.5 Å². The zero-order valence-corrected chi connectivity index (χ0v) is 14.0. The van der Waals surface area contributed by atoms with E-state index in [9.17, 15) is 0 Å². The molecule has 1 atom stereocenters. The lowest BCUT2D eigenvalue weighted by atomic mass is 9.77. The largest absolute Gasteiger partial charge is 0.310 e. The number of benzene rings is 1. The van der Waals surface area contributed by atoms with Gasteiger partial charge < -0.3 is 5.32 Å². The van der Waals surface area contributed by atoms with Crippen molar-refractivity contribution in [1.82, 2.24) is 5.32 Å². The summed E-state index contributed by atoms with van der Waals surface area (Å²) in [5.41, 5.74) is 1.52. The molecule has 1 aromatic rings. The van der Waals surface area contributed by atoms with Gasteiger partial charge in [0.2, 0.25) is 0 Å². The smallest absolute Gasteiger partial charge is 0.0359 e. The molecule has 1 aromatic carbocycles. The predicted octanol–water partition coefficient (Wildman–Crippen LogP) is 5.28. The molecule has 20 heavy (non-hydrogen) atoms. The Morgan fingerprint density at radius 1 is 1.20 bits per heavy atom. The van der Waals surface area contributed by atoms with Crippen LogP contribution in [0, 0.1) is 11.8 Å². The van der Waals surface area contributed by atoms with Gasteiger partial charge in [0.25, 0.3) is 0 Å². The first-order valence-electron chi connectivity index (χ1n) is 8.12. The van der Waals surface area contributed by atoms with Crippen LogP contribution in [0.4, 0.5) is 0 Å². The van der Waals surface area contributed by atoms with Gasteiger partial charge in [-0.15, -0.1) is 11.8 Å². The number of hydrogen-bond acceptors (Lipinski definition) is 2. The molecule has 0 heterocycles. The van der Waals surface area contributed by atoms with Gasteiger partial charge >= 0.3 is 0 Å². The maximum absolute atomic E-state index is 3.83. The van der Waals surface area contributed by atoms with Gasteiger partial charge in [0, 0.05) is 10.9 Å². The third-order valence-electron chi connectivity index (χ3n) is 4.62. The van der Waals surface area contributed by atoms with Crippen LogP contribution in [0.1, 0.15) is 57.6 Å². The zero-order chi connectivity index (χ0) is 14.4. The second kappa shape index (κ2) is 8.09. The molecule has 1 N–H and O–H groups in total. The van der Waals surface area contributed by atoms with E-state index in [1.807, 2.05) is 11.8 Å². The third-order valence-corrected chi connectivity index (χ3v) is 5.43. The van der Waals surface area contributed by atoms with Gasteiger partial charge in [0.05, 0.1) is 0 Å². The monoisotopic (exact) mass is 291 g/mol. The SMILES string of the molecule is CCCNC(c1ccccc1SC)C1CCC(C)CC1. The molecule has 1 aliphatic carbocycles. The first-order chi connectivity index (χ1) is 9.76. The molecule has 2 rings (SSSR count). The van der Waals surface area contributed by atoms with E-state index >= 15 is 0 Å². The Bertz CT molecular complexity index is 396. The van der Waals surface area contributed by atoms with E-state index in [1.165, 1.54) is 42.6 Å². The summed E-state index contributed by atoms with van der Waals surface area (Å²) in [7, 11) is 0. The van der Waals surface area contributed by atoms with Crippen LogP contribution in [0.2, 0.25) is 0 Å². The molecule has 1 aliphatic rings. The molecule has 0 aromatic heterocycles. The van der Waals surface area contributed by atoms with E-state index in [0.717, 1.165) is 18.4 Å². The van der Waals surface area contributed by atoms with Crippen LogP contribution >= 0.6 is 11.8 Å². The highest BCUT2D eigenvalue weighted by Gasteiger charge is 2.27. The summed E-state index contributed by atoms with van der Waals surface area (Å²) in [6, 6.07) is 9.51. The van der Waals surface area contributed by atoms with Crippen molar-refractivity contribution in [3.63, 3.8) is 0 Å². The Hall–Kier alpha value is -0.470. The minimum absolute atomic E-state index is 0.547. The van der Waals surface area contributed by atoms with Crippen LogP contribution in [-0.4, -0.2) is 12.8 Å². The number of hydrogen-bond donors (Lipinski definition) is 1. The van der Waals surface area contributed by atoms with E-state index < -0.39 is 0 Å². The maximum atomic E-state index is 3.83.